The van der Waals surface area contributed by atoms with Gasteiger partial charge in [-0.3, -0.25) is 9.78 Å². The third-order valence-corrected chi connectivity index (χ3v) is 5.15. The fourth-order valence-electron chi connectivity index (χ4n) is 3.63. The van der Waals surface area contributed by atoms with Crippen molar-refractivity contribution < 1.29 is 4.79 Å². The van der Waals surface area contributed by atoms with E-state index in [-0.39, 0.29) is 5.91 Å². The van der Waals surface area contributed by atoms with Gasteiger partial charge < -0.3 is 15.5 Å². The van der Waals surface area contributed by atoms with Crippen molar-refractivity contribution in [2.45, 2.75) is 26.2 Å². The number of hydrogen-bond acceptors (Lipinski definition) is 4. The zero-order chi connectivity index (χ0) is 20.1. The van der Waals surface area contributed by atoms with Crippen LogP contribution < -0.4 is 15.5 Å². The summed E-state index contributed by atoms with van der Waals surface area (Å²) >= 11 is 0. The average Bonchev–Trinajstić information content (AvgIpc) is 2.75. The maximum atomic E-state index is 12.7. The van der Waals surface area contributed by atoms with Crippen molar-refractivity contribution in [1.82, 2.24) is 4.98 Å². The van der Waals surface area contributed by atoms with E-state index < -0.39 is 0 Å². The summed E-state index contributed by atoms with van der Waals surface area (Å²) in [7, 11) is 0. The molecule has 0 aliphatic carbocycles. The van der Waals surface area contributed by atoms with Gasteiger partial charge in [0.15, 0.2) is 0 Å². The molecule has 5 nitrogen and oxygen atoms in total. The van der Waals surface area contributed by atoms with Gasteiger partial charge in [0.25, 0.3) is 5.91 Å². The molecule has 0 spiro atoms. The van der Waals surface area contributed by atoms with Gasteiger partial charge in [-0.2, -0.15) is 0 Å². The molecule has 29 heavy (non-hydrogen) atoms. The number of amides is 1. The zero-order valence-corrected chi connectivity index (χ0v) is 16.7. The van der Waals surface area contributed by atoms with Gasteiger partial charge in [0.2, 0.25) is 0 Å². The summed E-state index contributed by atoms with van der Waals surface area (Å²) in [5.41, 5.74) is 5.44. The van der Waals surface area contributed by atoms with Gasteiger partial charge >= 0.3 is 0 Å². The molecule has 2 heterocycles. The Morgan fingerprint density at radius 3 is 2.45 bits per heavy atom. The standard InChI is InChI=1S/C24H26N4O/c1-18-6-5-7-21(14-18)26-22-15-19(16-25-17-22)24(29)27-20-8-10-23(11-9-20)28-12-3-2-4-13-28/h5-11,14-17,26H,2-4,12-13H2,1H3,(H,27,29). The van der Waals surface area contributed by atoms with E-state index in [0.717, 1.165) is 30.2 Å². The van der Waals surface area contributed by atoms with Crippen LogP contribution >= 0.6 is 0 Å². The van der Waals surface area contributed by atoms with E-state index in [1.165, 1.54) is 30.5 Å². The number of aryl methyl sites for hydroxylation is 1. The normalized spacial score (nSPS) is 13.8. The quantitative estimate of drug-likeness (QED) is 0.618. The van der Waals surface area contributed by atoms with E-state index in [0.29, 0.717) is 5.56 Å². The monoisotopic (exact) mass is 386 g/mol. The van der Waals surface area contributed by atoms with E-state index >= 15 is 0 Å². The number of pyridine rings is 1. The minimum absolute atomic E-state index is 0.170. The third kappa shape index (κ3) is 4.93. The number of nitrogens with zero attached hydrogens (tertiary/aromatic N) is 2. The highest BCUT2D eigenvalue weighted by atomic mass is 16.1. The number of hydrogen-bond donors (Lipinski definition) is 2. The molecule has 0 radical (unpaired) electrons. The van der Waals surface area contributed by atoms with Crippen LogP contribution in [-0.4, -0.2) is 24.0 Å². The number of carbonyl (C=O) groups is 1. The lowest BCUT2D eigenvalue weighted by Crippen LogP contribution is -2.29. The van der Waals surface area contributed by atoms with Gasteiger partial charge in [-0.1, -0.05) is 12.1 Å². The first kappa shape index (κ1) is 19.0. The number of benzene rings is 2. The summed E-state index contributed by atoms with van der Waals surface area (Å²) in [6.07, 6.45) is 7.11. The number of anilines is 4. The molecule has 0 atom stereocenters. The number of piperidine rings is 1. The van der Waals surface area contributed by atoms with E-state index in [4.69, 9.17) is 0 Å². The van der Waals surface area contributed by atoms with E-state index in [1.807, 2.05) is 43.3 Å². The van der Waals surface area contributed by atoms with Gasteiger partial charge in [-0.25, -0.2) is 0 Å². The third-order valence-electron chi connectivity index (χ3n) is 5.15. The Bertz CT molecular complexity index is 978. The van der Waals surface area contributed by atoms with Crippen molar-refractivity contribution in [2.75, 3.05) is 28.6 Å². The predicted octanol–water partition coefficient (Wildman–Crippen LogP) is 5.38. The van der Waals surface area contributed by atoms with Crippen LogP contribution in [0, 0.1) is 6.92 Å². The number of aromatic nitrogens is 1. The molecule has 1 amide bonds. The lowest BCUT2D eigenvalue weighted by molar-refractivity contribution is 0.102. The summed E-state index contributed by atoms with van der Waals surface area (Å²) in [6.45, 7) is 4.26. The first-order chi connectivity index (χ1) is 14.2. The Labute approximate surface area is 171 Å². The Morgan fingerprint density at radius 1 is 0.897 bits per heavy atom. The summed E-state index contributed by atoms with van der Waals surface area (Å²) in [4.78, 5) is 19.3. The zero-order valence-electron chi connectivity index (χ0n) is 16.7. The van der Waals surface area contributed by atoms with Crippen LogP contribution in [-0.2, 0) is 0 Å². The second-order valence-corrected chi connectivity index (χ2v) is 7.51. The van der Waals surface area contributed by atoms with Crippen LogP contribution in [0.15, 0.2) is 67.0 Å². The molecule has 2 aromatic carbocycles. The fourth-order valence-corrected chi connectivity index (χ4v) is 3.63. The smallest absolute Gasteiger partial charge is 0.257 e. The lowest BCUT2D eigenvalue weighted by Gasteiger charge is -2.28. The van der Waals surface area contributed by atoms with Gasteiger partial charge in [0.1, 0.15) is 0 Å². The summed E-state index contributed by atoms with van der Waals surface area (Å²) in [5, 5.41) is 6.26. The molecule has 1 fully saturated rings. The highest BCUT2D eigenvalue weighted by molar-refractivity contribution is 6.04. The van der Waals surface area contributed by atoms with E-state index in [1.54, 1.807) is 12.4 Å². The summed E-state index contributed by atoms with van der Waals surface area (Å²) in [5.74, 6) is -0.170. The van der Waals surface area contributed by atoms with Crippen molar-refractivity contribution in [2.24, 2.45) is 0 Å². The molecule has 1 saturated heterocycles. The second kappa shape index (κ2) is 8.78. The molecule has 0 bridgehead atoms. The summed E-state index contributed by atoms with van der Waals surface area (Å²) in [6, 6.07) is 18.0. The van der Waals surface area contributed by atoms with Crippen LogP contribution in [0.3, 0.4) is 0 Å². The van der Waals surface area contributed by atoms with Gasteiger partial charge in [-0.05, 0) is 74.2 Å². The molecular formula is C24H26N4O. The van der Waals surface area contributed by atoms with Crippen LogP contribution in [0.25, 0.3) is 0 Å². The molecule has 2 N–H and O–H groups in total. The minimum atomic E-state index is -0.170. The van der Waals surface area contributed by atoms with Gasteiger partial charge in [0, 0.05) is 36.3 Å². The summed E-state index contributed by atoms with van der Waals surface area (Å²) < 4.78 is 0. The second-order valence-electron chi connectivity index (χ2n) is 7.51. The first-order valence-electron chi connectivity index (χ1n) is 10.1. The van der Waals surface area contributed by atoms with Crippen molar-refractivity contribution in [1.29, 1.82) is 0 Å². The molecule has 148 valence electrons. The average molecular weight is 386 g/mol. The maximum absolute atomic E-state index is 12.7. The van der Waals surface area contributed by atoms with E-state index in [9.17, 15) is 4.79 Å². The van der Waals surface area contributed by atoms with Crippen molar-refractivity contribution in [3.8, 4) is 0 Å². The lowest BCUT2D eigenvalue weighted by atomic mass is 10.1. The molecule has 0 saturated carbocycles. The number of carbonyl (C=O) groups excluding carboxylic acids is 1. The highest BCUT2D eigenvalue weighted by Crippen LogP contribution is 2.23. The Morgan fingerprint density at radius 2 is 1.69 bits per heavy atom. The number of nitrogens with one attached hydrogen (secondary N) is 2. The highest BCUT2D eigenvalue weighted by Gasteiger charge is 2.12. The molecule has 5 heteroatoms. The molecule has 1 aliphatic rings. The van der Waals surface area contributed by atoms with Crippen LogP contribution in [0.1, 0.15) is 35.2 Å². The van der Waals surface area contributed by atoms with Gasteiger partial charge in [-0.15, -0.1) is 0 Å². The minimum Gasteiger partial charge on any atom is -0.372 e. The maximum Gasteiger partial charge on any atom is 0.257 e. The van der Waals surface area contributed by atoms with Crippen LogP contribution in [0.4, 0.5) is 22.7 Å². The van der Waals surface area contributed by atoms with Crippen molar-refractivity contribution in [3.05, 3.63) is 78.1 Å². The van der Waals surface area contributed by atoms with Crippen molar-refractivity contribution in [3.63, 3.8) is 0 Å². The molecular weight excluding hydrogens is 360 g/mol. The van der Waals surface area contributed by atoms with E-state index in [2.05, 4.69) is 38.7 Å². The Balaban J connectivity index is 1.41. The molecule has 3 aromatic rings. The molecule has 1 aliphatic heterocycles. The predicted molar refractivity (Wildman–Crippen MR) is 119 cm³/mol. The fraction of sp³-hybridized carbons (Fsp3) is 0.250. The van der Waals surface area contributed by atoms with Gasteiger partial charge in [0.05, 0.1) is 17.4 Å². The first-order valence-corrected chi connectivity index (χ1v) is 10.1. The largest absolute Gasteiger partial charge is 0.372 e. The van der Waals surface area contributed by atoms with Crippen LogP contribution in [0.5, 0.6) is 0 Å². The van der Waals surface area contributed by atoms with Crippen LogP contribution in [0.2, 0.25) is 0 Å². The Hall–Kier alpha value is -3.34. The topological polar surface area (TPSA) is 57.3 Å². The van der Waals surface area contributed by atoms with Crippen molar-refractivity contribution >= 4 is 28.7 Å². The Kier molecular flexibility index (Phi) is 5.75. The molecule has 4 rings (SSSR count). The molecule has 1 aromatic heterocycles. The SMILES string of the molecule is Cc1cccc(Nc2cncc(C(=O)Nc3ccc(N4CCCCC4)cc3)c2)c1. The number of rotatable bonds is 5. The molecule has 0 unspecified atom stereocenters.